The Labute approximate surface area is 163 Å². The SMILES string of the molecule is CCCN(C(=O)CSc1nnc(-c2ccc(C)cc2)o1)C1CCS(=O)(=O)C1. The van der Waals surface area contributed by atoms with Crippen LogP contribution in [0.25, 0.3) is 11.5 Å². The van der Waals surface area contributed by atoms with Gasteiger partial charge in [0.2, 0.25) is 11.8 Å². The third kappa shape index (κ3) is 5.10. The van der Waals surface area contributed by atoms with Gasteiger partial charge >= 0.3 is 0 Å². The molecule has 1 saturated heterocycles. The molecule has 0 radical (unpaired) electrons. The van der Waals surface area contributed by atoms with Crippen molar-refractivity contribution in [3.8, 4) is 11.5 Å². The van der Waals surface area contributed by atoms with Gasteiger partial charge in [-0.05, 0) is 31.9 Å². The number of rotatable bonds is 7. The highest BCUT2D eigenvalue weighted by Crippen LogP contribution is 2.25. The van der Waals surface area contributed by atoms with Crippen molar-refractivity contribution in [3.05, 3.63) is 29.8 Å². The molecule has 1 aromatic heterocycles. The van der Waals surface area contributed by atoms with E-state index >= 15 is 0 Å². The molecule has 27 heavy (non-hydrogen) atoms. The highest BCUT2D eigenvalue weighted by Gasteiger charge is 2.34. The van der Waals surface area contributed by atoms with Crippen molar-refractivity contribution in [2.45, 2.75) is 38.0 Å². The summed E-state index contributed by atoms with van der Waals surface area (Å²) in [6.07, 6.45) is 1.29. The van der Waals surface area contributed by atoms with E-state index in [0.717, 1.165) is 17.5 Å². The van der Waals surface area contributed by atoms with E-state index in [9.17, 15) is 13.2 Å². The summed E-state index contributed by atoms with van der Waals surface area (Å²) in [5.74, 6) is 0.673. The lowest BCUT2D eigenvalue weighted by atomic mass is 10.1. The number of hydrogen-bond acceptors (Lipinski definition) is 7. The number of amides is 1. The van der Waals surface area contributed by atoms with E-state index < -0.39 is 9.84 Å². The summed E-state index contributed by atoms with van der Waals surface area (Å²) in [6, 6.07) is 7.52. The Balaban J connectivity index is 1.61. The largest absolute Gasteiger partial charge is 0.411 e. The van der Waals surface area contributed by atoms with Crippen LogP contribution < -0.4 is 0 Å². The number of benzene rings is 1. The van der Waals surface area contributed by atoms with Crippen LogP contribution in [-0.4, -0.2) is 59.3 Å². The van der Waals surface area contributed by atoms with Gasteiger partial charge in [0.1, 0.15) is 0 Å². The highest BCUT2D eigenvalue weighted by atomic mass is 32.2. The maximum Gasteiger partial charge on any atom is 0.277 e. The van der Waals surface area contributed by atoms with E-state index in [1.165, 1.54) is 11.8 Å². The van der Waals surface area contributed by atoms with Crippen LogP contribution in [0.2, 0.25) is 0 Å². The number of carbonyl (C=O) groups is 1. The summed E-state index contributed by atoms with van der Waals surface area (Å²) in [4.78, 5) is 14.3. The standard InChI is InChI=1S/C18H23N3O4S2/c1-3-9-21(15-8-10-27(23,24)12-15)16(22)11-26-18-20-19-17(25-18)14-6-4-13(2)5-7-14/h4-7,15H,3,8-12H2,1-2H3. The van der Waals surface area contributed by atoms with E-state index in [-0.39, 0.29) is 29.2 Å². The van der Waals surface area contributed by atoms with Crippen molar-refractivity contribution in [1.29, 1.82) is 0 Å². The molecule has 1 aromatic carbocycles. The van der Waals surface area contributed by atoms with Gasteiger partial charge in [-0.15, -0.1) is 10.2 Å². The number of aryl methyl sites for hydroxylation is 1. The number of sulfone groups is 1. The molecule has 0 bridgehead atoms. The molecule has 146 valence electrons. The van der Waals surface area contributed by atoms with Crippen LogP contribution in [0.4, 0.5) is 0 Å². The fourth-order valence-corrected chi connectivity index (χ4v) is 5.44. The average molecular weight is 410 g/mol. The van der Waals surface area contributed by atoms with Gasteiger partial charge in [0.25, 0.3) is 5.22 Å². The van der Waals surface area contributed by atoms with Crippen LogP contribution in [0.3, 0.4) is 0 Å². The molecule has 1 unspecified atom stereocenters. The predicted molar refractivity (Wildman–Crippen MR) is 104 cm³/mol. The second-order valence-corrected chi connectivity index (χ2v) is 9.83. The molecule has 2 heterocycles. The van der Waals surface area contributed by atoms with E-state index in [4.69, 9.17) is 4.42 Å². The van der Waals surface area contributed by atoms with Crippen LogP contribution in [0, 0.1) is 6.92 Å². The van der Waals surface area contributed by atoms with Crippen molar-refractivity contribution < 1.29 is 17.6 Å². The molecule has 7 nitrogen and oxygen atoms in total. The first-order valence-corrected chi connectivity index (χ1v) is 11.7. The molecule has 1 amide bonds. The fraction of sp³-hybridized carbons (Fsp3) is 0.500. The normalized spacial score (nSPS) is 18.5. The van der Waals surface area contributed by atoms with Gasteiger partial charge in [0.15, 0.2) is 9.84 Å². The Morgan fingerprint density at radius 1 is 1.30 bits per heavy atom. The summed E-state index contributed by atoms with van der Waals surface area (Å²) in [6.45, 7) is 4.53. The second-order valence-electron chi connectivity index (χ2n) is 6.67. The predicted octanol–water partition coefficient (Wildman–Crippen LogP) is 2.56. The molecular formula is C18H23N3O4S2. The number of thioether (sulfide) groups is 1. The smallest absolute Gasteiger partial charge is 0.277 e. The number of carbonyl (C=O) groups excluding carboxylic acids is 1. The summed E-state index contributed by atoms with van der Waals surface area (Å²) < 4.78 is 29.1. The minimum Gasteiger partial charge on any atom is -0.411 e. The van der Waals surface area contributed by atoms with Gasteiger partial charge in [-0.3, -0.25) is 4.79 Å². The maximum atomic E-state index is 12.6. The van der Waals surface area contributed by atoms with Gasteiger partial charge in [-0.2, -0.15) is 0 Å². The molecule has 1 aliphatic heterocycles. The van der Waals surface area contributed by atoms with Gasteiger partial charge in [0.05, 0.1) is 17.3 Å². The Bertz CT molecular complexity index is 894. The van der Waals surface area contributed by atoms with Crippen molar-refractivity contribution in [1.82, 2.24) is 15.1 Å². The third-order valence-electron chi connectivity index (χ3n) is 4.46. The molecule has 0 spiro atoms. The van der Waals surface area contributed by atoms with Crippen molar-refractivity contribution in [2.24, 2.45) is 0 Å². The van der Waals surface area contributed by atoms with Crippen molar-refractivity contribution in [2.75, 3.05) is 23.8 Å². The molecular weight excluding hydrogens is 386 g/mol. The van der Waals surface area contributed by atoms with Crippen LogP contribution >= 0.6 is 11.8 Å². The third-order valence-corrected chi connectivity index (χ3v) is 7.01. The van der Waals surface area contributed by atoms with Gasteiger partial charge in [0, 0.05) is 18.2 Å². The van der Waals surface area contributed by atoms with Crippen molar-refractivity contribution >= 4 is 27.5 Å². The minimum atomic E-state index is -3.03. The highest BCUT2D eigenvalue weighted by molar-refractivity contribution is 7.99. The summed E-state index contributed by atoms with van der Waals surface area (Å²) in [7, 11) is -3.03. The molecule has 0 saturated carbocycles. The molecule has 0 N–H and O–H groups in total. The van der Waals surface area contributed by atoms with Crippen LogP contribution in [0.5, 0.6) is 0 Å². The zero-order chi connectivity index (χ0) is 19.4. The van der Waals surface area contributed by atoms with E-state index in [2.05, 4.69) is 10.2 Å². The van der Waals surface area contributed by atoms with Gasteiger partial charge < -0.3 is 9.32 Å². The monoisotopic (exact) mass is 409 g/mol. The molecule has 9 heteroatoms. The summed E-state index contributed by atoms with van der Waals surface area (Å²) >= 11 is 1.18. The average Bonchev–Trinajstić information content (AvgIpc) is 3.24. The molecule has 1 fully saturated rings. The van der Waals surface area contributed by atoms with E-state index in [1.54, 1.807) is 4.90 Å². The Morgan fingerprint density at radius 3 is 2.67 bits per heavy atom. The van der Waals surface area contributed by atoms with Crippen LogP contribution in [0.1, 0.15) is 25.3 Å². The van der Waals surface area contributed by atoms with E-state index in [1.807, 2.05) is 38.1 Å². The maximum absolute atomic E-state index is 12.6. The Kier molecular flexibility index (Phi) is 6.21. The van der Waals surface area contributed by atoms with Crippen LogP contribution in [0.15, 0.2) is 33.9 Å². The first-order valence-electron chi connectivity index (χ1n) is 8.91. The Hall–Kier alpha value is -1.87. The molecule has 0 aliphatic carbocycles. The number of hydrogen-bond donors (Lipinski definition) is 0. The zero-order valence-corrected chi connectivity index (χ0v) is 17.1. The molecule has 2 aromatic rings. The lowest BCUT2D eigenvalue weighted by Gasteiger charge is -2.27. The topological polar surface area (TPSA) is 93.4 Å². The van der Waals surface area contributed by atoms with Gasteiger partial charge in [-0.25, -0.2) is 8.42 Å². The quantitative estimate of drug-likeness (QED) is 0.649. The van der Waals surface area contributed by atoms with E-state index in [0.29, 0.717) is 24.1 Å². The fourth-order valence-electron chi connectivity index (χ4n) is 3.06. The van der Waals surface area contributed by atoms with Crippen molar-refractivity contribution in [3.63, 3.8) is 0 Å². The first-order chi connectivity index (χ1) is 12.9. The zero-order valence-electron chi connectivity index (χ0n) is 15.4. The number of nitrogens with zero attached hydrogens (tertiary/aromatic N) is 3. The summed E-state index contributed by atoms with van der Waals surface area (Å²) in [5.41, 5.74) is 1.97. The lowest BCUT2D eigenvalue weighted by Crippen LogP contribution is -2.42. The Morgan fingerprint density at radius 2 is 2.04 bits per heavy atom. The lowest BCUT2D eigenvalue weighted by molar-refractivity contribution is -0.130. The van der Waals surface area contributed by atoms with Crippen LogP contribution in [-0.2, 0) is 14.6 Å². The molecule has 3 rings (SSSR count). The number of aromatic nitrogens is 2. The molecule has 1 atom stereocenters. The second kappa shape index (κ2) is 8.43. The van der Waals surface area contributed by atoms with Gasteiger partial charge in [-0.1, -0.05) is 36.4 Å². The first kappa shape index (κ1) is 19.9. The minimum absolute atomic E-state index is 0.0571. The molecule has 1 aliphatic rings. The summed E-state index contributed by atoms with van der Waals surface area (Å²) in [5, 5.41) is 8.35.